The van der Waals surface area contributed by atoms with Gasteiger partial charge in [-0.25, -0.2) is 4.98 Å². The third kappa shape index (κ3) is 3.37. The highest BCUT2D eigenvalue weighted by molar-refractivity contribution is 8.00. The number of benzene rings is 1. The molecule has 1 N–H and O–H groups in total. The summed E-state index contributed by atoms with van der Waals surface area (Å²) in [6.45, 7) is 1.91. The fourth-order valence-corrected chi connectivity index (χ4v) is 4.05. The number of aromatic nitrogens is 2. The Bertz CT molecular complexity index is 918. The Labute approximate surface area is 147 Å². The van der Waals surface area contributed by atoms with E-state index < -0.39 is 0 Å². The molecular weight excluding hydrogens is 344 g/mol. The Morgan fingerprint density at radius 2 is 2.12 bits per heavy atom. The number of rotatable bonds is 5. The molecule has 1 aromatic carbocycles. The number of H-pyrrole nitrogens is 1. The number of nitrogens with zero attached hydrogens (tertiary/aromatic N) is 1. The molecule has 3 aromatic rings. The van der Waals surface area contributed by atoms with E-state index in [-0.39, 0.29) is 22.5 Å². The molecule has 0 amide bonds. The van der Waals surface area contributed by atoms with Crippen LogP contribution in [0.25, 0.3) is 21.3 Å². The van der Waals surface area contributed by atoms with Gasteiger partial charge in [0.15, 0.2) is 0 Å². The molecular formula is C17H16N2O3S2. The molecule has 0 aliphatic carbocycles. The number of thioether (sulfide) groups is 1. The molecule has 0 saturated carbocycles. The lowest BCUT2D eigenvalue weighted by Gasteiger charge is -2.09. The van der Waals surface area contributed by atoms with Gasteiger partial charge in [0.2, 0.25) is 0 Å². The SMILES string of the molecule is COC(=O)CS[C@H](C)c1nc2scc(-c3ccccc3)c2c(=O)[nH]1. The number of hydrogen-bond donors (Lipinski definition) is 1. The molecule has 0 fully saturated rings. The van der Waals surface area contributed by atoms with Crippen molar-refractivity contribution in [2.75, 3.05) is 12.9 Å². The van der Waals surface area contributed by atoms with E-state index in [0.717, 1.165) is 11.1 Å². The lowest BCUT2D eigenvalue weighted by atomic mass is 10.1. The summed E-state index contributed by atoms with van der Waals surface area (Å²) >= 11 is 2.83. The van der Waals surface area contributed by atoms with Crippen molar-refractivity contribution in [3.8, 4) is 11.1 Å². The fraction of sp³-hybridized carbons (Fsp3) is 0.235. The zero-order valence-corrected chi connectivity index (χ0v) is 14.9. The summed E-state index contributed by atoms with van der Waals surface area (Å²) in [4.78, 5) is 32.0. The van der Waals surface area contributed by atoms with E-state index in [1.807, 2.05) is 42.6 Å². The number of carbonyl (C=O) groups is 1. The minimum Gasteiger partial charge on any atom is -0.468 e. The summed E-state index contributed by atoms with van der Waals surface area (Å²) in [6, 6.07) is 9.78. The number of methoxy groups -OCH3 is 1. The Kier molecular flexibility index (Phi) is 5.01. The average Bonchev–Trinajstić information content (AvgIpc) is 3.04. The second-order valence-electron chi connectivity index (χ2n) is 5.18. The number of thiophene rings is 1. The van der Waals surface area contributed by atoms with Crippen LogP contribution < -0.4 is 5.56 Å². The van der Waals surface area contributed by atoms with Crippen molar-refractivity contribution < 1.29 is 9.53 Å². The van der Waals surface area contributed by atoms with E-state index in [1.54, 1.807) is 0 Å². The third-order valence-corrected chi connectivity index (χ3v) is 5.61. The number of fused-ring (bicyclic) bond motifs is 1. The van der Waals surface area contributed by atoms with Crippen molar-refractivity contribution in [2.45, 2.75) is 12.2 Å². The molecule has 0 radical (unpaired) electrons. The third-order valence-electron chi connectivity index (χ3n) is 3.61. The minimum atomic E-state index is -0.294. The van der Waals surface area contributed by atoms with Crippen molar-refractivity contribution >= 4 is 39.3 Å². The van der Waals surface area contributed by atoms with Crippen LogP contribution in [0.3, 0.4) is 0 Å². The van der Waals surface area contributed by atoms with Crippen molar-refractivity contribution in [1.29, 1.82) is 0 Å². The van der Waals surface area contributed by atoms with Crippen LogP contribution in [0.15, 0.2) is 40.5 Å². The monoisotopic (exact) mass is 360 g/mol. The van der Waals surface area contributed by atoms with Crippen LogP contribution in [0, 0.1) is 0 Å². The van der Waals surface area contributed by atoms with Crippen molar-refractivity contribution in [1.82, 2.24) is 9.97 Å². The van der Waals surface area contributed by atoms with E-state index in [4.69, 9.17) is 0 Å². The first-order valence-corrected chi connectivity index (χ1v) is 9.28. The van der Waals surface area contributed by atoms with Crippen LogP contribution >= 0.6 is 23.1 Å². The maximum absolute atomic E-state index is 12.6. The van der Waals surface area contributed by atoms with Gasteiger partial charge in [-0.15, -0.1) is 23.1 Å². The molecule has 2 aromatic heterocycles. The highest BCUT2D eigenvalue weighted by Crippen LogP contribution is 2.32. The number of aromatic amines is 1. The smallest absolute Gasteiger partial charge is 0.315 e. The molecule has 0 bridgehead atoms. The van der Waals surface area contributed by atoms with E-state index >= 15 is 0 Å². The Morgan fingerprint density at radius 1 is 1.38 bits per heavy atom. The normalized spacial score (nSPS) is 12.2. The maximum Gasteiger partial charge on any atom is 0.315 e. The topological polar surface area (TPSA) is 72.0 Å². The number of carbonyl (C=O) groups excluding carboxylic acids is 1. The molecule has 7 heteroatoms. The predicted molar refractivity (Wildman–Crippen MR) is 98.6 cm³/mol. The van der Waals surface area contributed by atoms with E-state index in [9.17, 15) is 9.59 Å². The Hall–Kier alpha value is -2.12. The van der Waals surface area contributed by atoms with Gasteiger partial charge in [-0.05, 0) is 12.5 Å². The average molecular weight is 360 g/mol. The van der Waals surface area contributed by atoms with Crippen LogP contribution in [-0.4, -0.2) is 28.8 Å². The zero-order valence-electron chi connectivity index (χ0n) is 13.2. The molecule has 124 valence electrons. The number of esters is 1. The summed E-state index contributed by atoms with van der Waals surface area (Å²) < 4.78 is 4.63. The van der Waals surface area contributed by atoms with Gasteiger partial charge < -0.3 is 9.72 Å². The summed E-state index contributed by atoms with van der Waals surface area (Å²) in [7, 11) is 1.36. The van der Waals surface area contributed by atoms with Crippen molar-refractivity contribution in [3.05, 3.63) is 51.9 Å². The van der Waals surface area contributed by atoms with Crippen LogP contribution in [0.4, 0.5) is 0 Å². The molecule has 0 saturated heterocycles. The van der Waals surface area contributed by atoms with Gasteiger partial charge in [0, 0.05) is 10.9 Å². The quantitative estimate of drug-likeness (QED) is 0.704. The van der Waals surface area contributed by atoms with Gasteiger partial charge in [0.25, 0.3) is 5.56 Å². The van der Waals surface area contributed by atoms with Gasteiger partial charge in [0.05, 0.1) is 23.5 Å². The minimum absolute atomic E-state index is 0.108. The number of nitrogens with one attached hydrogen (secondary N) is 1. The van der Waals surface area contributed by atoms with Gasteiger partial charge in [-0.2, -0.15) is 0 Å². The van der Waals surface area contributed by atoms with Crippen LogP contribution in [0.5, 0.6) is 0 Å². The molecule has 0 unspecified atom stereocenters. The van der Waals surface area contributed by atoms with E-state index in [1.165, 1.54) is 30.2 Å². The molecule has 1 atom stereocenters. The molecule has 24 heavy (non-hydrogen) atoms. The molecule has 0 aliphatic heterocycles. The first-order chi connectivity index (χ1) is 11.6. The van der Waals surface area contributed by atoms with E-state index in [0.29, 0.717) is 16.0 Å². The summed E-state index contributed by atoms with van der Waals surface area (Å²) in [5.74, 6) is 0.500. The van der Waals surface area contributed by atoms with Gasteiger partial charge in [-0.1, -0.05) is 30.3 Å². The Morgan fingerprint density at radius 3 is 2.83 bits per heavy atom. The number of hydrogen-bond acceptors (Lipinski definition) is 6. The summed E-state index contributed by atoms with van der Waals surface area (Å²) in [6.07, 6.45) is 0. The lowest BCUT2D eigenvalue weighted by Crippen LogP contribution is -2.13. The van der Waals surface area contributed by atoms with E-state index in [2.05, 4.69) is 14.7 Å². The largest absolute Gasteiger partial charge is 0.468 e. The highest BCUT2D eigenvalue weighted by Gasteiger charge is 2.17. The predicted octanol–water partition coefficient (Wildman–Crippen LogP) is 3.62. The summed E-state index contributed by atoms with van der Waals surface area (Å²) in [5.41, 5.74) is 1.74. The van der Waals surface area contributed by atoms with Crippen LogP contribution in [0.1, 0.15) is 18.0 Å². The first kappa shape index (κ1) is 16.7. The van der Waals surface area contributed by atoms with Crippen molar-refractivity contribution in [3.63, 3.8) is 0 Å². The number of ether oxygens (including phenoxy) is 1. The second kappa shape index (κ2) is 7.19. The van der Waals surface area contributed by atoms with Gasteiger partial charge in [0.1, 0.15) is 10.7 Å². The highest BCUT2D eigenvalue weighted by atomic mass is 32.2. The first-order valence-electron chi connectivity index (χ1n) is 7.35. The molecule has 0 aliphatic rings. The second-order valence-corrected chi connectivity index (χ2v) is 7.36. The van der Waals surface area contributed by atoms with Gasteiger partial charge >= 0.3 is 5.97 Å². The van der Waals surface area contributed by atoms with Crippen molar-refractivity contribution in [2.24, 2.45) is 0 Å². The Balaban J connectivity index is 1.95. The molecule has 5 nitrogen and oxygen atoms in total. The fourth-order valence-electron chi connectivity index (χ4n) is 2.32. The molecule has 0 spiro atoms. The van der Waals surface area contributed by atoms with Crippen LogP contribution in [0.2, 0.25) is 0 Å². The maximum atomic E-state index is 12.6. The zero-order chi connectivity index (χ0) is 17.1. The van der Waals surface area contributed by atoms with Crippen LogP contribution in [-0.2, 0) is 9.53 Å². The summed E-state index contributed by atoms with van der Waals surface area (Å²) in [5, 5.41) is 2.46. The molecule has 3 rings (SSSR count). The lowest BCUT2D eigenvalue weighted by molar-refractivity contribution is -0.137. The molecule has 2 heterocycles. The standard InChI is InChI=1S/C17H16N2O3S2/c1-10(23-9-13(20)22-2)15-18-16(21)14-12(8-24-17(14)19-15)11-6-4-3-5-7-11/h3-8,10H,9H2,1-2H3,(H,18,19,21)/t10-/m1/s1. The van der Waals surface area contributed by atoms with Gasteiger partial charge in [-0.3, -0.25) is 9.59 Å².